The second-order valence-corrected chi connectivity index (χ2v) is 6.02. The second kappa shape index (κ2) is 8.11. The third kappa shape index (κ3) is 4.55. The predicted octanol–water partition coefficient (Wildman–Crippen LogP) is 2.20. The third-order valence-corrected chi connectivity index (χ3v) is 4.27. The largest absolute Gasteiger partial charge is 0.382 e. The lowest BCUT2D eigenvalue weighted by molar-refractivity contribution is -0.126. The summed E-state index contributed by atoms with van der Waals surface area (Å²) in [4.78, 5) is 26.1. The third-order valence-electron chi connectivity index (χ3n) is 4.27. The van der Waals surface area contributed by atoms with Crippen LogP contribution in [0.25, 0.3) is 0 Å². The molecule has 0 aromatic heterocycles. The van der Waals surface area contributed by atoms with Crippen molar-refractivity contribution >= 4 is 17.5 Å². The van der Waals surface area contributed by atoms with E-state index in [0.717, 1.165) is 17.7 Å². The number of benzene rings is 1. The van der Waals surface area contributed by atoms with Crippen molar-refractivity contribution in [2.75, 3.05) is 31.2 Å². The highest BCUT2D eigenvalue weighted by atomic mass is 16.5. The molecule has 1 saturated heterocycles. The van der Waals surface area contributed by atoms with E-state index in [1.807, 2.05) is 39.0 Å². The average Bonchev–Trinajstić information content (AvgIpc) is 2.92. The molecule has 1 atom stereocenters. The summed E-state index contributed by atoms with van der Waals surface area (Å²) >= 11 is 0. The van der Waals surface area contributed by atoms with Crippen LogP contribution in [-0.2, 0) is 14.3 Å². The molecule has 5 nitrogen and oxygen atoms in total. The maximum atomic E-state index is 12.2. The first-order chi connectivity index (χ1) is 11.0. The molecule has 0 radical (unpaired) electrons. The SMILES string of the molecule is CCOCCCNC(=O)[C@H]1CC(=O)N(c2ccc(C)c(C)c2)C1. The van der Waals surface area contributed by atoms with E-state index in [1.165, 1.54) is 5.56 Å². The van der Waals surface area contributed by atoms with E-state index in [1.54, 1.807) is 4.90 Å². The van der Waals surface area contributed by atoms with Crippen molar-refractivity contribution in [3.8, 4) is 0 Å². The summed E-state index contributed by atoms with van der Waals surface area (Å²) in [7, 11) is 0. The van der Waals surface area contributed by atoms with Crippen molar-refractivity contribution in [2.24, 2.45) is 5.92 Å². The van der Waals surface area contributed by atoms with Gasteiger partial charge in [-0.05, 0) is 50.5 Å². The Labute approximate surface area is 138 Å². The molecule has 0 unspecified atom stereocenters. The summed E-state index contributed by atoms with van der Waals surface area (Å²) < 4.78 is 5.24. The number of rotatable bonds is 7. The van der Waals surface area contributed by atoms with Crippen LogP contribution < -0.4 is 10.2 Å². The molecule has 126 valence electrons. The summed E-state index contributed by atoms with van der Waals surface area (Å²) in [6.07, 6.45) is 1.07. The minimum Gasteiger partial charge on any atom is -0.382 e. The van der Waals surface area contributed by atoms with Crippen LogP contribution in [0.3, 0.4) is 0 Å². The maximum absolute atomic E-state index is 12.2. The van der Waals surface area contributed by atoms with E-state index < -0.39 is 0 Å². The number of hydrogen-bond acceptors (Lipinski definition) is 3. The molecular formula is C18H26N2O3. The van der Waals surface area contributed by atoms with Gasteiger partial charge in [0.05, 0.1) is 5.92 Å². The highest BCUT2D eigenvalue weighted by Crippen LogP contribution is 2.26. The summed E-state index contributed by atoms with van der Waals surface area (Å²) in [5.74, 6) is -0.292. The fourth-order valence-corrected chi connectivity index (χ4v) is 2.70. The summed E-state index contributed by atoms with van der Waals surface area (Å²) in [5.41, 5.74) is 3.23. The number of carbonyl (C=O) groups excluding carboxylic acids is 2. The minimum atomic E-state index is -0.267. The van der Waals surface area contributed by atoms with Gasteiger partial charge >= 0.3 is 0 Å². The van der Waals surface area contributed by atoms with Gasteiger partial charge in [0.25, 0.3) is 0 Å². The van der Waals surface area contributed by atoms with Gasteiger partial charge in [0.15, 0.2) is 0 Å². The molecule has 0 bridgehead atoms. The van der Waals surface area contributed by atoms with E-state index in [9.17, 15) is 9.59 Å². The number of nitrogens with one attached hydrogen (secondary N) is 1. The maximum Gasteiger partial charge on any atom is 0.227 e. The Bertz CT molecular complexity index is 571. The Morgan fingerprint density at radius 2 is 2.13 bits per heavy atom. The molecule has 1 aliphatic rings. The topological polar surface area (TPSA) is 58.6 Å². The van der Waals surface area contributed by atoms with Gasteiger partial charge in [0.2, 0.25) is 11.8 Å². The van der Waals surface area contributed by atoms with E-state index in [0.29, 0.717) is 26.3 Å². The van der Waals surface area contributed by atoms with Crippen LogP contribution in [0.1, 0.15) is 30.9 Å². The van der Waals surface area contributed by atoms with Crippen LogP contribution in [0.5, 0.6) is 0 Å². The number of ether oxygens (including phenoxy) is 1. The average molecular weight is 318 g/mol. The summed E-state index contributed by atoms with van der Waals surface area (Å²) in [5, 5.41) is 2.90. The molecule has 1 aromatic rings. The van der Waals surface area contributed by atoms with Crippen molar-refractivity contribution in [3.05, 3.63) is 29.3 Å². The molecule has 0 saturated carbocycles. The van der Waals surface area contributed by atoms with Crippen LogP contribution >= 0.6 is 0 Å². The molecule has 1 aliphatic heterocycles. The molecule has 0 spiro atoms. The van der Waals surface area contributed by atoms with Crippen molar-refractivity contribution in [1.29, 1.82) is 0 Å². The fraction of sp³-hybridized carbons (Fsp3) is 0.556. The molecule has 23 heavy (non-hydrogen) atoms. The highest BCUT2D eigenvalue weighted by Gasteiger charge is 2.34. The van der Waals surface area contributed by atoms with Crippen LogP contribution in [0.2, 0.25) is 0 Å². The molecule has 2 rings (SSSR count). The van der Waals surface area contributed by atoms with Crippen LogP contribution in [0.4, 0.5) is 5.69 Å². The van der Waals surface area contributed by atoms with E-state index in [2.05, 4.69) is 5.32 Å². The highest BCUT2D eigenvalue weighted by molar-refractivity contribution is 6.00. The standard InChI is InChI=1S/C18H26N2O3/c1-4-23-9-5-8-19-18(22)15-11-17(21)20(12-15)16-7-6-13(2)14(3)10-16/h6-7,10,15H,4-5,8-9,11-12H2,1-3H3,(H,19,22)/t15-/m0/s1. The summed E-state index contributed by atoms with van der Waals surface area (Å²) in [6.45, 7) is 8.41. The molecular weight excluding hydrogens is 292 g/mol. The zero-order chi connectivity index (χ0) is 16.8. The van der Waals surface area contributed by atoms with Gasteiger partial charge in [-0.3, -0.25) is 9.59 Å². The minimum absolute atomic E-state index is 0.0164. The monoisotopic (exact) mass is 318 g/mol. The first kappa shape index (κ1) is 17.5. The Morgan fingerprint density at radius 3 is 2.83 bits per heavy atom. The second-order valence-electron chi connectivity index (χ2n) is 6.02. The van der Waals surface area contributed by atoms with E-state index >= 15 is 0 Å². The quantitative estimate of drug-likeness (QED) is 0.784. The molecule has 0 aliphatic carbocycles. The molecule has 1 heterocycles. The number of aryl methyl sites for hydroxylation is 2. The molecule has 1 fully saturated rings. The molecule has 2 amide bonds. The smallest absolute Gasteiger partial charge is 0.227 e. The van der Waals surface area contributed by atoms with Gasteiger partial charge in [-0.25, -0.2) is 0 Å². The normalized spacial score (nSPS) is 17.6. The van der Waals surface area contributed by atoms with E-state index in [-0.39, 0.29) is 24.2 Å². The number of hydrogen-bond donors (Lipinski definition) is 1. The van der Waals surface area contributed by atoms with Gasteiger partial charge in [0, 0.05) is 38.4 Å². The first-order valence-electron chi connectivity index (χ1n) is 8.26. The Hall–Kier alpha value is -1.88. The zero-order valence-corrected chi connectivity index (χ0v) is 14.2. The lowest BCUT2D eigenvalue weighted by atomic mass is 10.1. The number of nitrogens with zero attached hydrogens (tertiary/aromatic N) is 1. The van der Waals surface area contributed by atoms with Gasteiger partial charge < -0.3 is 15.0 Å². The Balaban J connectivity index is 1.89. The van der Waals surface area contributed by atoms with Crippen molar-refractivity contribution in [2.45, 2.75) is 33.6 Å². The molecule has 1 aromatic carbocycles. The number of amides is 2. The van der Waals surface area contributed by atoms with Crippen molar-refractivity contribution < 1.29 is 14.3 Å². The Morgan fingerprint density at radius 1 is 1.35 bits per heavy atom. The fourth-order valence-electron chi connectivity index (χ4n) is 2.70. The van der Waals surface area contributed by atoms with Gasteiger partial charge in [0.1, 0.15) is 0 Å². The lowest BCUT2D eigenvalue weighted by Crippen LogP contribution is -2.33. The van der Waals surface area contributed by atoms with Crippen LogP contribution in [0.15, 0.2) is 18.2 Å². The lowest BCUT2D eigenvalue weighted by Gasteiger charge is -2.18. The van der Waals surface area contributed by atoms with Gasteiger partial charge in [-0.15, -0.1) is 0 Å². The van der Waals surface area contributed by atoms with Gasteiger partial charge in [-0.2, -0.15) is 0 Å². The first-order valence-corrected chi connectivity index (χ1v) is 8.26. The zero-order valence-electron chi connectivity index (χ0n) is 14.2. The number of carbonyl (C=O) groups is 2. The number of anilines is 1. The Kier molecular flexibility index (Phi) is 6.16. The van der Waals surface area contributed by atoms with Crippen LogP contribution in [-0.4, -0.2) is 38.1 Å². The van der Waals surface area contributed by atoms with Crippen molar-refractivity contribution in [1.82, 2.24) is 5.32 Å². The van der Waals surface area contributed by atoms with E-state index in [4.69, 9.17) is 4.74 Å². The molecule has 1 N–H and O–H groups in total. The van der Waals surface area contributed by atoms with Crippen molar-refractivity contribution in [3.63, 3.8) is 0 Å². The van der Waals surface area contributed by atoms with Gasteiger partial charge in [-0.1, -0.05) is 6.07 Å². The van der Waals surface area contributed by atoms with Crippen LogP contribution in [0, 0.1) is 19.8 Å². The predicted molar refractivity (Wildman–Crippen MR) is 90.5 cm³/mol. The molecule has 5 heteroatoms. The summed E-state index contributed by atoms with van der Waals surface area (Å²) in [6, 6.07) is 5.97.